The monoisotopic (exact) mass is 337 g/mol. The van der Waals surface area contributed by atoms with Crippen LogP contribution in [-0.4, -0.2) is 51.7 Å². The lowest BCUT2D eigenvalue weighted by Crippen LogP contribution is -2.31. The highest BCUT2D eigenvalue weighted by molar-refractivity contribution is 7.89. The first-order valence-corrected chi connectivity index (χ1v) is 8.76. The summed E-state index contributed by atoms with van der Waals surface area (Å²) in [6.07, 6.45) is 5.02. The molecule has 2 aromatic rings. The number of sulfonamides is 1. The van der Waals surface area contributed by atoms with Crippen LogP contribution in [0.2, 0.25) is 0 Å². The molecule has 1 saturated heterocycles. The second-order valence-electron chi connectivity index (χ2n) is 5.56. The SMILES string of the molecule is Cc1nn(C)c(C)c1S(=O)(=O)N1CCC(Oc2cnccn2)C1. The molecule has 124 valence electrons. The topological polar surface area (TPSA) is 90.2 Å². The highest BCUT2D eigenvalue weighted by atomic mass is 32.2. The molecule has 0 aliphatic carbocycles. The molecule has 0 N–H and O–H groups in total. The third-order valence-corrected chi connectivity index (χ3v) is 6.09. The average molecular weight is 337 g/mol. The van der Waals surface area contributed by atoms with E-state index in [1.165, 1.54) is 10.5 Å². The Hall–Kier alpha value is -2.00. The predicted molar refractivity (Wildman–Crippen MR) is 82.5 cm³/mol. The summed E-state index contributed by atoms with van der Waals surface area (Å²) in [5.74, 6) is 0.408. The summed E-state index contributed by atoms with van der Waals surface area (Å²) in [4.78, 5) is 8.28. The van der Waals surface area contributed by atoms with Crippen molar-refractivity contribution in [2.75, 3.05) is 13.1 Å². The second kappa shape index (κ2) is 5.89. The van der Waals surface area contributed by atoms with Gasteiger partial charge in [0.25, 0.3) is 0 Å². The summed E-state index contributed by atoms with van der Waals surface area (Å²) < 4.78 is 34.5. The molecule has 0 spiro atoms. The van der Waals surface area contributed by atoms with E-state index in [2.05, 4.69) is 15.1 Å². The largest absolute Gasteiger partial charge is 0.472 e. The molecule has 1 aliphatic heterocycles. The van der Waals surface area contributed by atoms with Gasteiger partial charge in [0, 0.05) is 26.0 Å². The maximum absolute atomic E-state index is 12.9. The minimum absolute atomic E-state index is 0.223. The van der Waals surface area contributed by atoms with Crippen molar-refractivity contribution in [3.63, 3.8) is 0 Å². The summed E-state index contributed by atoms with van der Waals surface area (Å²) in [7, 11) is -1.83. The fourth-order valence-electron chi connectivity index (χ4n) is 2.79. The molecule has 1 aliphatic rings. The molecule has 9 heteroatoms. The molecule has 8 nitrogen and oxygen atoms in total. The van der Waals surface area contributed by atoms with Gasteiger partial charge < -0.3 is 4.74 Å². The number of rotatable bonds is 4. The van der Waals surface area contributed by atoms with Crippen molar-refractivity contribution in [1.29, 1.82) is 0 Å². The van der Waals surface area contributed by atoms with Gasteiger partial charge in [-0.15, -0.1) is 0 Å². The first kappa shape index (κ1) is 15.9. The van der Waals surface area contributed by atoms with Crippen molar-refractivity contribution >= 4 is 10.0 Å². The van der Waals surface area contributed by atoms with Gasteiger partial charge in [0.05, 0.1) is 24.1 Å². The van der Waals surface area contributed by atoms with Crippen molar-refractivity contribution in [3.8, 4) is 5.88 Å². The van der Waals surface area contributed by atoms with E-state index >= 15 is 0 Å². The lowest BCUT2D eigenvalue weighted by atomic mass is 10.3. The van der Waals surface area contributed by atoms with Crippen molar-refractivity contribution in [2.24, 2.45) is 7.05 Å². The van der Waals surface area contributed by atoms with Crippen LogP contribution in [0.15, 0.2) is 23.5 Å². The molecule has 0 radical (unpaired) electrons. The van der Waals surface area contributed by atoms with Gasteiger partial charge in [-0.2, -0.15) is 9.40 Å². The Morgan fingerprint density at radius 3 is 2.70 bits per heavy atom. The lowest BCUT2D eigenvalue weighted by molar-refractivity contribution is 0.206. The van der Waals surface area contributed by atoms with Gasteiger partial charge in [-0.1, -0.05) is 0 Å². The first-order chi connectivity index (χ1) is 10.9. The Morgan fingerprint density at radius 1 is 1.30 bits per heavy atom. The summed E-state index contributed by atoms with van der Waals surface area (Å²) in [5, 5.41) is 4.20. The quantitative estimate of drug-likeness (QED) is 0.814. The number of hydrogen-bond acceptors (Lipinski definition) is 6. The minimum atomic E-state index is -3.57. The van der Waals surface area contributed by atoms with Gasteiger partial charge in [0.1, 0.15) is 11.0 Å². The van der Waals surface area contributed by atoms with Crippen LogP contribution >= 0.6 is 0 Å². The summed E-state index contributed by atoms with van der Waals surface area (Å²) in [6, 6.07) is 0. The van der Waals surface area contributed by atoms with Crippen LogP contribution in [0.5, 0.6) is 5.88 Å². The van der Waals surface area contributed by atoms with Crippen molar-refractivity contribution < 1.29 is 13.2 Å². The van der Waals surface area contributed by atoms with E-state index in [0.717, 1.165) is 0 Å². The van der Waals surface area contributed by atoms with E-state index in [9.17, 15) is 8.42 Å². The fourth-order valence-corrected chi connectivity index (χ4v) is 4.67. The molecule has 2 aromatic heterocycles. The summed E-state index contributed by atoms with van der Waals surface area (Å²) in [5.41, 5.74) is 1.16. The number of nitrogens with zero attached hydrogens (tertiary/aromatic N) is 5. The van der Waals surface area contributed by atoms with Crippen molar-refractivity contribution in [3.05, 3.63) is 30.0 Å². The van der Waals surface area contributed by atoms with E-state index in [0.29, 0.717) is 41.7 Å². The summed E-state index contributed by atoms with van der Waals surface area (Å²) >= 11 is 0. The Bertz CT molecular complexity index is 803. The molecule has 0 saturated carbocycles. The van der Waals surface area contributed by atoms with Crippen molar-refractivity contribution in [2.45, 2.75) is 31.3 Å². The molecule has 0 aromatic carbocycles. The first-order valence-electron chi connectivity index (χ1n) is 7.32. The zero-order valence-electron chi connectivity index (χ0n) is 13.3. The van der Waals surface area contributed by atoms with Gasteiger partial charge in [0.15, 0.2) is 0 Å². The maximum atomic E-state index is 12.9. The molecule has 23 heavy (non-hydrogen) atoms. The fraction of sp³-hybridized carbons (Fsp3) is 0.500. The number of aryl methyl sites for hydroxylation is 2. The average Bonchev–Trinajstić information content (AvgIpc) is 3.06. The molecule has 0 bridgehead atoms. The van der Waals surface area contributed by atoms with Gasteiger partial charge in [0.2, 0.25) is 15.9 Å². The van der Waals surface area contributed by atoms with Gasteiger partial charge in [-0.05, 0) is 20.3 Å². The van der Waals surface area contributed by atoms with E-state index in [-0.39, 0.29) is 6.10 Å². The molecule has 3 heterocycles. The molecule has 3 rings (SSSR count). The van der Waals surface area contributed by atoms with Crippen LogP contribution < -0.4 is 4.74 Å². The number of aromatic nitrogens is 4. The highest BCUT2D eigenvalue weighted by Crippen LogP contribution is 2.27. The third kappa shape index (κ3) is 2.93. The third-order valence-electron chi connectivity index (χ3n) is 3.98. The molecular formula is C14H19N5O3S. The van der Waals surface area contributed by atoms with Crippen LogP contribution in [0.3, 0.4) is 0 Å². The number of ether oxygens (including phenoxy) is 1. The molecule has 1 unspecified atom stereocenters. The molecule has 1 fully saturated rings. The Labute approximate surface area is 135 Å². The van der Waals surface area contributed by atoms with Gasteiger partial charge >= 0.3 is 0 Å². The minimum Gasteiger partial charge on any atom is -0.472 e. The molecular weight excluding hydrogens is 318 g/mol. The van der Waals surface area contributed by atoms with Crippen LogP contribution in [-0.2, 0) is 17.1 Å². The maximum Gasteiger partial charge on any atom is 0.246 e. The second-order valence-corrected chi connectivity index (χ2v) is 7.43. The number of hydrogen-bond donors (Lipinski definition) is 0. The Balaban J connectivity index is 1.78. The van der Waals surface area contributed by atoms with Crippen LogP contribution in [0.1, 0.15) is 17.8 Å². The van der Waals surface area contributed by atoms with Crippen molar-refractivity contribution in [1.82, 2.24) is 24.1 Å². The predicted octanol–water partition coefficient (Wildman–Crippen LogP) is 0.669. The Morgan fingerprint density at radius 2 is 2.09 bits per heavy atom. The van der Waals surface area contributed by atoms with E-state index in [1.54, 1.807) is 38.0 Å². The smallest absolute Gasteiger partial charge is 0.246 e. The van der Waals surface area contributed by atoms with Crippen LogP contribution in [0.4, 0.5) is 0 Å². The van der Waals surface area contributed by atoms with Crippen LogP contribution in [0, 0.1) is 13.8 Å². The highest BCUT2D eigenvalue weighted by Gasteiger charge is 2.36. The zero-order chi connectivity index (χ0) is 16.6. The van der Waals surface area contributed by atoms with Gasteiger partial charge in [-0.25, -0.2) is 13.4 Å². The van der Waals surface area contributed by atoms with E-state index in [4.69, 9.17) is 4.74 Å². The molecule has 1 atom stereocenters. The van der Waals surface area contributed by atoms with E-state index in [1.807, 2.05) is 0 Å². The van der Waals surface area contributed by atoms with Crippen LogP contribution in [0.25, 0.3) is 0 Å². The van der Waals surface area contributed by atoms with Gasteiger partial charge in [-0.3, -0.25) is 9.67 Å². The molecule has 0 amide bonds. The normalized spacial score (nSPS) is 19.2. The Kier molecular flexibility index (Phi) is 4.07. The lowest BCUT2D eigenvalue weighted by Gasteiger charge is -2.17. The van der Waals surface area contributed by atoms with E-state index < -0.39 is 10.0 Å². The standard InChI is InChI=1S/C14H19N5O3S/c1-10-14(11(2)18(3)17-10)23(20,21)19-7-4-12(9-19)22-13-8-15-5-6-16-13/h5-6,8,12H,4,7,9H2,1-3H3. The zero-order valence-corrected chi connectivity index (χ0v) is 14.1. The summed E-state index contributed by atoms with van der Waals surface area (Å²) in [6.45, 7) is 4.19.